The zero-order chi connectivity index (χ0) is 21.0. The van der Waals surface area contributed by atoms with Crippen molar-refractivity contribution >= 4 is 17.6 Å². The average molecular weight is 405 g/mol. The number of nitrogens with one attached hydrogen (secondary N) is 1. The quantitative estimate of drug-likeness (QED) is 0.640. The molecule has 0 spiro atoms. The number of alkyl halides is 3. The van der Waals surface area contributed by atoms with E-state index in [9.17, 15) is 22.8 Å². The summed E-state index contributed by atoms with van der Waals surface area (Å²) in [5, 5.41) is 5.94. The van der Waals surface area contributed by atoms with E-state index in [4.69, 9.17) is 4.74 Å². The highest BCUT2D eigenvalue weighted by Crippen LogP contribution is 2.29. The smallest absolute Gasteiger partial charge is 0.462 e. The molecule has 3 aromatic rings. The van der Waals surface area contributed by atoms with Gasteiger partial charge < -0.3 is 14.6 Å². The van der Waals surface area contributed by atoms with Crippen LogP contribution in [0.2, 0.25) is 0 Å². The number of hydrogen-bond acceptors (Lipinski definition) is 6. The molecule has 0 radical (unpaired) electrons. The van der Waals surface area contributed by atoms with E-state index in [2.05, 4.69) is 20.0 Å². The van der Waals surface area contributed by atoms with Crippen LogP contribution in [-0.4, -0.2) is 28.6 Å². The summed E-state index contributed by atoms with van der Waals surface area (Å²) >= 11 is 0. The summed E-state index contributed by atoms with van der Waals surface area (Å²) in [5.74, 6) is -2.58. The molecule has 0 atom stereocenters. The van der Waals surface area contributed by atoms with Crippen molar-refractivity contribution in [1.82, 2.24) is 10.1 Å². The molecule has 2 aromatic carbocycles. The second-order valence-corrected chi connectivity index (χ2v) is 5.75. The van der Waals surface area contributed by atoms with Crippen LogP contribution in [0.3, 0.4) is 0 Å². The van der Waals surface area contributed by atoms with Gasteiger partial charge in [0.2, 0.25) is 5.82 Å². The van der Waals surface area contributed by atoms with Crippen LogP contribution in [0.15, 0.2) is 53.1 Å². The van der Waals surface area contributed by atoms with E-state index < -0.39 is 23.9 Å². The Labute approximate surface area is 162 Å². The highest BCUT2D eigenvalue weighted by atomic mass is 19.4. The topological polar surface area (TPSA) is 94.3 Å². The third kappa shape index (κ3) is 4.78. The van der Waals surface area contributed by atoms with Crippen molar-refractivity contribution in [1.29, 1.82) is 0 Å². The van der Waals surface area contributed by atoms with Crippen LogP contribution in [0, 0.1) is 0 Å². The SMILES string of the molecule is CCOC(=O)c1ccc(NC(=O)c2ccc(-c3noc(C(F)(F)F)n3)cc2)cc1. The molecule has 3 rings (SSSR count). The summed E-state index contributed by atoms with van der Waals surface area (Å²) < 4.78 is 46.6. The first-order valence-corrected chi connectivity index (χ1v) is 8.38. The van der Waals surface area contributed by atoms with E-state index >= 15 is 0 Å². The van der Waals surface area contributed by atoms with Crippen molar-refractivity contribution in [3.63, 3.8) is 0 Å². The van der Waals surface area contributed by atoms with Crippen molar-refractivity contribution in [3.8, 4) is 11.4 Å². The zero-order valence-corrected chi connectivity index (χ0v) is 15.0. The lowest BCUT2D eigenvalue weighted by Gasteiger charge is -2.07. The van der Waals surface area contributed by atoms with Crippen molar-refractivity contribution in [2.24, 2.45) is 0 Å². The summed E-state index contributed by atoms with van der Waals surface area (Å²) in [6, 6.07) is 11.8. The Morgan fingerprint density at radius 3 is 2.21 bits per heavy atom. The third-order valence-corrected chi connectivity index (χ3v) is 3.73. The van der Waals surface area contributed by atoms with Gasteiger partial charge in [-0.05, 0) is 43.3 Å². The first-order valence-electron chi connectivity index (χ1n) is 8.38. The van der Waals surface area contributed by atoms with Gasteiger partial charge in [-0.15, -0.1) is 0 Å². The number of carbonyl (C=O) groups is 2. The van der Waals surface area contributed by atoms with Gasteiger partial charge in [-0.25, -0.2) is 4.79 Å². The molecule has 0 fully saturated rings. The fraction of sp³-hybridized carbons (Fsp3) is 0.158. The maximum absolute atomic E-state index is 12.5. The van der Waals surface area contributed by atoms with E-state index in [1.165, 1.54) is 36.4 Å². The molecule has 7 nitrogen and oxygen atoms in total. The van der Waals surface area contributed by atoms with Gasteiger partial charge in [0.25, 0.3) is 5.91 Å². The maximum Gasteiger partial charge on any atom is 0.471 e. The van der Waals surface area contributed by atoms with Gasteiger partial charge in [0, 0.05) is 16.8 Å². The first-order chi connectivity index (χ1) is 13.8. The Hall–Kier alpha value is -3.69. The lowest BCUT2D eigenvalue weighted by molar-refractivity contribution is -0.159. The van der Waals surface area contributed by atoms with Gasteiger partial charge in [-0.3, -0.25) is 4.79 Å². The molecular formula is C19H14F3N3O4. The van der Waals surface area contributed by atoms with Crippen LogP contribution in [0.4, 0.5) is 18.9 Å². The normalized spacial score (nSPS) is 11.2. The summed E-state index contributed by atoms with van der Waals surface area (Å²) in [7, 11) is 0. The van der Waals surface area contributed by atoms with Gasteiger partial charge in [-0.2, -0.15) is 18.2 Å². The second kappa shape index (κ2) is 8.13. The van der Waals surface area contributed by atoms with Crippen LogP contribution in [-0.2, 0) is 10.9 Å². The number of amides is 1. The highest BCUT2D eigenvalue weighted by molar-refractivity contribution is 6.04. The molecule has 1 N–H and O–H groups in total. The number of benzene rings is 2. The van der Waals surface area contributed by atoms with E-state index in [1.807, 2.05) is 0 Å². The van der Waals surface area contributed by atoms with E-state index in [1.54, 1.807) is 19.1 Å². The maximum atomic E-state index is 12.5. The van der Waals surface area contributed by atoms with E-state index in [-0.39, 0.29) is 23.6 Å². The lowest BCUT2D eigenvalue weighted by atomic mass is 10.1. The van der Waals surface area contributed by atoms with Crippen molar-refractivity contribution < 1.29 is 32.0 Å². The van der Waals surface area contributed by atoms with Gasteiger partial charge in [0.05, 0.1) is 12.2 Å². The van der Waals surface area contributed by atoms with Gasteiger partial charge in [0.1, 0.15) is 0 Å². The van der Waals surface area contributed by atoms with Gasteiger partial charge >= 0.3 is 18.0 Å². The molecule has 0 bridgehead atoms. The first kappa shape index (κ1) is 20.1. The minimum atomic E-state index is -4.73. The summed E-state index contributed by atoms with van der Waals surface area (Å²) in [6.07, 6.45) is -4.73. The number of nitrogens with zero attached hydrogens (tertiary/aromatic N) is 2. The number of hydrogen-bond donors (Lipinski definition) is 1. The number of aromatic nitrogens is 2. The molecule has 10 heteroatoms. The molecule has 0 saturated carbocycles. The third-order valence-electron chi connectivity index (χ3n) is 3.73. The minimum absolute atomic E-state index is 0.237. The molecule has 29 heavy (non-hydrogen) atoms. The van der Waals surface area contributed by atoms with Gasteiger partial charge in [-0.1, -0.05) is 17.3 Å². The van der Waals surface area contributed by atoms with Gasteiger partial charge in [0.15, 0.2) is 0 Å². The Morgan fingerprint density at radius 1 is 1.03 bits per heavy atom. The average Bonchev–Trinajstić information content (AvgIpc) is 3.19. The number of anilines is 1. The fourth-order valence-corrected chi connectivity index (χ4v) is 2.33. The zero-order valence-electron chi connectivity index (χ0n) is 15.0. The number of esters is 1. The number of ether oxygens (including phenoxy) is 1. The van der Waals surface area contributed by atoms with Crippen LogP contribution in [0.5, 0.6) is 0 Å². The highest BCUT2D eigenvalue weighted by Gasteiger charge is 2.38. The van der Waals surface area contributed by atoms with Crippen molar-refractivity contribution in [2.45, 2.75) is 13.1 Å². The fourth-order valence-electron chi connectivity index (χ4n) is 2.33. The molecule has 0 aliphatic rings. The second-order valence-electron chi connectivity index (χ2n) is 5.75. The molecular weight excluding hydrogens is 391 g/mol. The van der Waals surface area contributed by atoms with Crippen LogP contribution in [0.25, 0.3) is 11.4 Å². The predicted molar refractivity (Wildman–Crippen MR) is 95.1 cm³/mol. The Kier molecular flexibility index (Phi) is 5.62. The number of rotatable bonds is 5. The Bertz CT molecular complexity index is 1010. The molecule has 0 saturated heterocycles. The Balaban J connectivity index is 1.67. The number of carbonyl (C=O) groups excluding carboxylic acids is 2. The standard InChI is InChI=1S/C19H14F3N3O4/c1-2-28-17(27)13-7-9-14(10-8-13)23-16(26)12-5-3-11(4-6-12)15-24-18(29-25-15)19(20,21)22/h3-10H,2H2,1H3,(H,23,26). The van der Waals surface area contributed by atoms with Crippen LogP contribution >= 0.6 is 0 Å². The van der Waals surface area contributed by atoms with E-state index in [0.29, 0.717) is 11.3 Å². The monoisotopic (exact) mass is 405 g/mol. The van der Waals surface area contributed by atoms with Crippen molar-refractivity contribution in [2.75, 3.05) is 11.9 Å². The Morgan fingerprint density at radius 2 is 1.66 bits per heavy atom. The predicted octanol–water partition coefficient (Wildman–Crippen LogP) is 4.18. The van der Waals surface area contributed by atoms with E-state index in [0.717, 1.165) is 0 Å². The molecule has 0 unspecified atom stereocenters. The van der Waals surface area contributed by atoms with Crippen molar-refractivity contribution in [3.05, 3.63) is 65.5 Å². The number of halogens is 3. The largest absolute Gasteiger partial charge is 0.471 e. The van der Waals surface area contributed by atoms with Crippen LogP contribution < -0.4 is 5.32 Å². The van der Waals surface area contributed by atoms with Crippen LogP contribution in [0.1, 0.15) is 33.5 Å². The minimum Gasteiger partial charge on any atom is -0.462 e. The summed E-state index contributed by atoms with van der Waals surface area (Å²) in [5.41, 5.74) is 1.34. The molecule has 1 amide bonds. The lowest BCUT2D eigenvalue weighted by Crippen LogP contribution is -2.12. The molecule has 1 aromatic heterocycles. The molecule has 150 valence electrons. The molecule has 0 aliphatic carbocycles. The summed E-state index contributed by atoms with van der Waals surface area (Å²) in [6.45, 7) is 1.96. The molecule has 0 aliphatic heterocycles. The summed E-state index contributed by atoms with van der Waals surface area (Å²) in [4.78, 5) is 27.2. The molecule has 1 heterocycles.